The molecule has 15 heavy (non-hydrogen) atoms. The lowest BCUT2D eigenvalue weighted by molar-refractivity contribution is 0.606. The molecule has 0 spiro atoms. The quantitative estimate of drug-likeness (QED) is 0.829. The molecule has 2 aromatic heterocycles. The third kappa shape index (κ3) is 1.94. The van der Waals surface area contributed by atoms with Gasteiger partial charge in [0.2, 0.25) is 10.0 Å². The molecule has 0 saturated heterocycles. The van der Waals surface area contributed by atoms with Crippen LogP contribution in [0.5, 0.6) is 0 Å². The van der Waals surface area contributed by atoms with Gasteiger partial charge in [0, 0.05) is 6.20 Å². The summed E-state index contributed by atoms with van der Waals surface area (Å²) in [5.74, 6) is 1.12. The Balaban J connectivity index is 2.62. The normalized spacial score (nSPS) is 11.9. The van der Waals surface area contributed by atoms with Crippen LogP contribution in [-0.2, 0) is 10.0 Å². The molecule has 2 heterocycles. The molecule has 0 aliphatic heterocycles. The van der Waals surface area contributed by atoms with E-state index in [0.29, 0.717) is 5.82 Å². The predicted molar refractivity (Wildman–Crippen MR) is 58.4 cm³/mol. The topological polar surface area (TPSA) is 63.5 Å². The molecule has 2 aromatic rings. The van der Waals surface area contributed by atoms with Crippen molar-refractivity contribution in [3.8, 4) is 0 Å². The SMILES string of the molecule is Cc1nc(NS(C)(=O)=O)c2ccccn12. The van der Waals surface area contributed by atoms with E-state index in [1.54, 1.807) is 0 Å². The van der Waals surface area contributed by atoms with Crippen LogP contribution in [0.15, 0.2) is 24.4 Å². The number of imidazole rings is 1. The van der Waals surface area contributed by atoms with Gasteiger partial charge in [-0.15, -0.1) is 0 Å². The molecule has 0 bridgehead atoms. The Morgan fingerprint density at radius 3 is 2.80 bits per heavy atom. The molecule has 2 rings (SSSR count). The number of aromatic nitrogens is 2. The van der Waals surface area contributed by atoms with E-state index in [1.165, 1.54) is 0 Å². The first-order valence-electron chi connectivity index (χ1n) is 4.39. The van der Waals surface area contributed by atoms with Crippen molar-refractivity contribution in [1.82, 2.24) is 9.38 Å². The maximum Gasteiger partial charge on any atom is 0.231 e. The molecule has 0 radical (unpaired) electrons. The number of sulfonamides is 1. The highest BCUT2D eigenvalue weighted by atomic mass is 32.2. The smallest absolute Gasteiger partial charge is 0.231 e. The Hall–Kier alpha value is -1.56. The number of rotatable bonds is 2. The number of hydrogen-bond acceptors (Lipinski definition) is 3. The number of nitrogens with one attached hydrogen (secondary N) is 1. The monoisotopic (exact) mass is 225 g/mol. The number of hydrogen-bond donors (Lipinski definition) is 1. The van der Waals surface area contributed by atoms with Gasteiger partial charge in [-0.3, -0.25) is 4.72 Å². The first kappa shape index (κ1) is 9.97. The summed E-state index contributed by atoms with van der Waals surface area (Å²) in [4.78, 5) is 4.15. The second kappa shape index (κ2) is 3.23. The zero-order chi connectivity index (χ0) is 11.1. The number of anilines is 1. The van der Waals surface area contributed by atoms with Gasteiger partial charge in [-0.25, -0.2) is 13.4 Å². The summed E-state index contributed by atoms with van der Waals surface area (Å²) in [5.41, 5.74) is 0.750. The van der Waals surface area contributed by atoms with Crippen LogP contribution in [0, 0.1) is 6.92 Å². The zero-order valence-corrected chi connectivity index (χ0v) is 9.25. The summed E-state index contributed by atoms with van der Waals surface area (Å²) in [5, 5.41) is 0. The Morgan fingerprint density at radius 1 is 1.40 bits per heavy atom. The molecular formula is C9H11N3O2S. The summed E-state index contributed by atoms with van der Waals surface area (Å²) < 4.78 is 26.4. The Morgan fingerprint density at radius 2 is 2.13 bits per heavy atom. The van der Waals surface area contributed by atoms with E-state index in [1.807, 2.05) is 35.7 Å². The lowest BCUT2D eigenvalue weighted by Crippen LogP contribution is -2.10. The fraction of sp³-hybridized carbons (Fsp3) is 0.222. The Bertz CT molecular complexity index is 601. The van der Waals surface area contributed by atoms with E-state index in [2.05, 4.69) is 9.71 Å². The first-order chi connectivity index (χ1) is 6.97. The summed E-state index contributed by atoms with van der Waals surface area (Å²) in [6, 6.07) is 5.52. The summed E-state index contributed by atoms with van der Waals surface area (Å²) in [6.07, 6.45) is 2.95. The number of fused-ring (bicyclic) bond motifs is 1. The largest absolute Gasteiger partial charge is 0.302 e. The minimum absolute atomic E-state index is 0.371. The zero-order valence-electron chi connectivity index (χ0n) is 8.43. The van der Waals surface area contributed by atoms with E-state index >= 15 is 0 Å². The van der Waals surface area contributed by atoms with E-state index < -0.39 is 10.0 Å². The summed E-state index contributed by atoms with van der Waals surface area (Å²) >= 11 is 0. The third-order valence-corrected chi connectivity index (χ3v) is 2.57. The second-order valence-electron chi connectivity index (χ2n) is 3.34. The summed E-state index contributed by atoms with van der Waals surface area (Å²) in [6.45, 7) is 1.82. The van der Waals surface area contributed by atoms with Gasteiger partial charge in [0.15, 0.2) is 5.82 Å². The van der Waals surface area contributed by atoms with E-state index in [4.69, 9.17) is 0 Å². The van der Waals surface area contributed by atoms with Gasteiger partial charge in [-0.1, -0.05) is 6.07 Å². The van der Waals surface area contributed by atoms with Crippen molar-refractivity contribution < 1.29 is 8.42 Å². The Kier molecular flexibility index (Phi) is 2.15. The molecular weight excluding hydrogens is 214 g/mol. The van der Waals surface area contributed by atoms with Gasteiger partial charge in [0.1, 0.15) is 5.82 Å². The standard InChI is InChI=1S/C9H11N3O2S/c1-7-10-9(11-15(2,13)14)8-5-3-4-6-12(7)8/h3-6,11H,1-2H3. The highest BCUT2D eigenvalue weighted by molar-refractivity contribution is 7.92. The van der Waals surface area contributed by atoms with Crippen LogP contribution in [0.25, 0.3) is 5.52 Å². The van der Waals surface area contributed by atoms with Crippen molar-refractivity contribution in [2.75, 3.05) is 11.0 Å². The van der Waals surface area contributed by atoms with Crippen LogP contribution in [0.3, 0.4) is 0 Å². The van der Waals surface area contributed by atoms with Crippen molar-refractivity contribution in [2.45, 2.75) is 6.92 Å². The average Bonchev–Trinajstić information content (AvgIpc) is 2.42. The lowest BCUT2D eigenvalue weighted by Gasteiger charge is -1.99. The number of pyridine rings is 1. The van der Waals surface area contributed by atoms with E-state index in [-0.39, 0.29) is 0 Å². The molecule has 6 heteroatoms. The predicted octanol–water partition coefficient (Wildman–Crippen LogP) is 1.01. The molecule has 0 aliphatic carbocycles. The molecule has 0 aliphatic rings. The van der Waals surface area contributed by atoms with Gasteiger partial charge in [0.25, 0.3) is 0 Å². The van der Waals surface area contributed by atoms with Crippen LogP contribution in [0.1, 0.15) is 5.82 Å². The van der Waals surface area contributed by atoms with Crippen LogP contribution in [-0.4, -0.2) is 24.1 Å². The van der Waals surface area contributed by atoms with Crippen molar-refractivity contribution in [2.24, 2.45) is 0 Å². The van der Waals surface area contributed by atoms with Gasteiger partial charge >= 0.3 is 0 Å². The molecule has 0 aromatic carbocycles. The van der Waals surface area contributed by atoms with Crippen LogP contribution in [0.4, 0.5) is 5.82 Å². The third-order valence-electron chi connectivity index (χ3n) is 2.01. The summed E-state index contributed by atoms with van der Waals surface area (Å²) in [7, 11) is -3.28. The van der Waals surface area contributed by atoms with Crippen LogP contribution < -0.4 is 4.72 Å². The number of aryl methyl sites for hydroxylation is 1. The molecule has 0 fully saturated rings. The van der Waals surface area contributed by atoms with Gasteiger partial charge < -0.3 is 4.40 Å². The lowest BCUT2D eigenvalue weighted by atomic mass is 10.4. The number of nitrogens with zero attached hydrogens (tertiary/aromatic N) is 2. The molecule has 0 atom stereocenters. The second-order valence-corrected chi connectivity index (χ2v) is 5.09. The molecule has 80 valence electrons. The van der Waals surface area contributed by atoms with E-state index in [9.17, 15) is 8.42 Å². The molecule has 0 amide bonds. The highest BCUT2D eigenvalue weighted by Gasteiger charge is 2.10. The maximum absolute atomic E-state index is 11.1. The fourth-order valence-corrected chi connectivity index (χ4v) is 1.94. The van der Waals surface area contributed by atoms with Crippen LogP contribution >= 0.6 is 0 Å². The van der Waals surface area contributed by atoms with Crippen molar-refractivity contribution in [1.29, 1.82) is 0 Å². The van der Waals surface area contributed by atoms with Gasteiger partial charge in [-0.2, -0.15) is 0 Å². The molecule has 5 nitrogen and oxygen atoms in total. The minimum Gasteiger partial charge on any atom is -0.302 e. The molecule has 1 N–H and O–H groups in total. The van der Waals surface area contributed by atoms with Crippen molar-refractivity contribution in [3.63, 3.8) is 0 Å². The Labute approximate surface area is 87.8 Å². The average molecular weight is 225 g/mol. The van der Waals surface area contributed by atoms with Crippen molar-refractivity contribution in [3.05, 3.63) is 30.2 Å². The molecule has 0 unspecified atom stereocenters. The first-order valence-corrected chi connectivity index (χ1v) is 6.28. The van der Waals surface area contributed by atoms with Gasteiger partial charge in [0.05, 0.1) is 11.8 Å². The highest BCUT2D eigenvalue weighted by Crippen LogP contribution is 2.17. The van der Waals surface area contributed by atoms with Crippen LogP contribution in [0.2, 0.25) is 0 Å². The van der Waals surface area contributed by atoms with Gasteiger partial charge in [-0.05, 0) is 19.1 Å². The fourth-order valence-electron chi connectivity index (χ4n) is 1.44. The van der Waals surface area contributed by atoms with E-state index in [0.717, 1.165) is 17.6 Å². The van der Waals surface area contributed by atoms with Crippen molar-refractivity contribution >= 4 is 21.4 Å². The minimum atomic E-state index is -3.28. The maximum atomic E-state index is 11.1. The molecule has 0 saturated carbocycles.